The lowest BCUT2D eigenvalue weighted by molar-refractivity contribution is -0.384. The second-order valence-corrected chi connectivity index (χ2v) is 16.9. The maximum Gasteiger partial charge on any atom is 0.295 e. The Balaban J connectivity index is 2.04. The number of carbonyl (C=O) groups excluding carboxylic acids is 1. The van der Waals surface area contributed by atoms with E-state index in [9.17, 15) is 14.9 Å². The molecule has 0 fully saturated rings. The summed E-state index contributed by atoms with van der Waals surface area (Å²) in [5, 5.41) is 15.2. The first-order valence-electron chi connectivity index (χ1n) is 13.1. The number of anilines is 1. The van der Waals surface area contributed by atoms with Crippen LogP contribution in [-0.2, 0) is 14.8 Å². The molecule has 0 aliphatic carbocycles. The molecule has 9 nitrogen and oxygen atoms in total. The third kappa shape index (κ3) is 7.09. The van der Waals surface area contributed by atoms with Crippen LogP contribution in [0.4, 0.5) is 15.8 Å². The molecule has 0 aliphatic heterocycles. The number of aromatic nitrogens is 2. The number of benzene rings is 2. The molecule has 1 heterocycles. The smallest absolute Gasteiger partial charge is 0.295 e. The summed E-state index contributed by atoms with van der Waals surface area (Å²) >= 11 is 6.42. The number of carbonyl (C=O) groups is 1. The van der Waals surface area contributed by atoms with Crippen LogP contribution in [0.25, 0.3) is 11.1 Å². The maximum absolute atomic E-state index is 15.3. The summed E-state index contributed by atoms with van der Waals surface area (Å²) in [5.74, 6) is 0.00890. The molecule has 0 spiro atoms. The summed E-state index contributed by atoms with van der Waals surface area (Å²) in [6.07, 6.45) is 3.52. The number of methoxy groups -OCH3 is 1. The normalized spacial score (nSPS) is 13.0. The van der Waals surface area contributed by atoms with Crippen molar-refractivity contribution in [2.75, 3.05) is 12.4 Å². The lowest BCUT2D eigenvalue weighted by atomic mass is 10.0. The molecule has 0 bridgehead atoms. The Morgan fingerprint density at radius 2 is 1.80 bits per heavy atom. The van der Waals surface area contributed by atoms with Crippen LogP contribution in [0.15, 0.2) is 42.7 Å². The van der Waals surface area contributed by atoms with Gasteiger partial charge in [0, 0.05) is 40.5 Å². The van der Waals surface area contributed by atoms with E-state index >= 15 is 4.39 Å². The Kier molecular flexibility index (Phi) is 9.57. The van der Waals surface area contributed by atoms with E-state index in [2.05, 4.69) is 49.1 Å². The van der Waals surface area contributed by atoms with Gasteiger partial charge in [0.2, 0.25) is 0 Å². The highest BCUT2D eigenvalue weighted by atomic mass is 35.5. The molecule has 2 aromatic carbocycles. The Morgan fingerprint density at radius 3 is 2.34 bits per heavy atom. The molecule has 1 N–H and O–H groups in total. The predicted octanol–water partition coefficient (Wildman–Crippen LogP) is 7.85. The van der Waals surface area contributed by atoms with Gasteiger partial charge in [0.25, 0.3) is 5.69 Å². The molecule has 3 aromatic rings. The van der Waals surface area contributed by atoms with E-state index in [1.165, 1.54) is 25.6 Å². The van der Waals surface area contributed by atoms with E-state index in [-0.39, 0.29) is 22.7 Å². The van der Waals surface area contributed by atoms with E-state index < -0.39 is 36.4 Å². The van der Waals surface area contributed by atoms with Crippen molar-refractivity contribution in [3.8, 4) is 16.9 Å². The SMILES string of the molecule is COc1cccc(Cl)c1C(CC=O)Nc1cc(-c2cnc(C(C)(C)O[Si](C)(C)C(C)(C)C)nc2)c(F)cc1[N+](=O)[O-]. The van der Waals surface area contributed by atoms with Crippen molar-refractivity contribution in [1.29, 1.82) is 0 Å². The van der Waals surface area contributed by atoms with E-state index in [1.54, 1.807) is 18.2 Å². The number of aldehydes is 1. The van der Waals surface area contributed by atoms with Gasteiger partial charge in [0.1, 0.15) is 29.1 Å². The molecule has 3 rings (SSSR count). The zero-order chi connectivity index (χ0) is 30.8. The van der Waals surface area contributed by atoms with Gasteiger partial charge in [-0.3, -0.25) is 10.1 Å². The molecule has 1 unspecified atom stereocenters. The van der Waals surface area contributed by atoms with Crippen LogP contribution in [0, 0.1) is 15.9 Å². The Bertz CT molecular complexity index is 1430. The monoisotopic (exact) mass is 602 g/mol. The number of nitro benzene ring substituents is 1. The predicted molar refractivity (Wildman–Crippen MR) is 160 cm³/mol. The quantitative estimate of drug-likeness (QED) is 0.102. The molecular weight excluding hydrogens is 567 g/mol. The number of ether oxygens (including phenoxy) is 1. The highest BCUT2D eigenvalue weighted by Crippen LogP contribution is 2.42. The van der Waals surface area contributed by atoms with E-state index in [4.69, 9.17) is 20.8 Å². The molecule has 0 radical (unpaired) electrons. The standard InChI is InChI=1S/C29H36ClFN4O5Si/c1-28(2,3)41(7,8)40-29(4,5)27-32-16-18(17-33-27)19-14-23(24(35(37)38)15-21(19)31)34-22(12-13-36)26-20(30)10-9-11-25(26)39-6/h9-11,13-17,22,34H,12H2,1-8H3. The Labute approximate surface area is 245 Å². The fraction of sp³-hybridized carbons (Fsp3) is 0.414. The molecule has 12 heteroatoms. The summed E-state index contributed by atoms with van der Waals surface area (Å²) in [7, 11) is -0.699. The van der Waals surface area contributed by atoms with Crippen LogP contribution in [0.1, 0.15) is 58.5 Å². The summed E-state index contributed by atoms with van der Waals surface area (Å²) in [6.45, 7) is 14.5. The highest BCUT2D eigenvalue weighted by Gasteiger charge is 2.43. The van der Waals surface area contributed by atoms with Crippen molar-refractivity contribution in [2.45, 2.75) is 70.8 Å². The van der Waals surface area contributed by atoms with Gasteiger partial charge in [-0.05, 0) is 50.2 Å². The van der Waals surface area contributed by atoms with E-state index in [0.717, 1.165) is 6.07 Å². The molecule has 41 heavy (non-hydrogen) atoms. The first kappa shape index (κ1) is 32.1. The minimum atomic E-state index is -2.15. The van der Waals surface area contributed by atoms with Crippen molar-refractivity contribution < 1.29 is 23.3 Å². The van der Waals surface area contributed by atoms with Crippen molar-refractivity contribution in [2.24, 2.45) is 0 Å². The number of nitrogens with one attached hydrogen (secondary N) is 1. The van der Waals surface area contributed by atoms with E-state index in [0.29, 0.717) is 34.0 Å². The van der Waals surface area contributed by atoms with Crippen LogP contribution in [0.3, 0.4) is 0 Å². The van der Waals surface area contributed by atoms with Gasteiger partial charge < -0.3 is 19.3 Å². The number of rotatable bonds is 11. The summed E-state index contributed by atoms with van der Waals surface area (Å²) in [6, 6.07) is 6.32. The minimum Gasteiger partial charge on any atom is -0.496 e. The van der Waals surface area contributed by atoms with Gasteiger partial charge in [0.15, 0.2) is 14.1 Å². The molecule has 0 amide bonds. The zero-order valence-electron chi connectivity index (χ0n) is 24.5. The summed E-state index contributed by atoms with van der Waals surface area (Å²) < 4.78 is 27.2. The molecule has 0 saturated heterocycles. The lowest BCUT2D eigenvalue weighted by Crippen LogP contribution is -2.46. The Hall–Kier alpha value is -3.41. The van der Waals surface area contributed by atoms with Crippen LogP contribution in [-0.4, -0.2) is 36.6 Å². The fourth-order valence-corrected chi connectivity index (χ4v) is 6.20. The van der Waals surface area contributed by atoms with Gasteiger partial charge in [-0.25, -0.2) is 14.4 Å². The summed E-state index contributed by atoms with van der Waals surface area (Å²) in [5.41, 5.74) is -0.502. The molecule has 1 aromatic heterocycles. The van der Waals surface area contributed by atoms with Gasteiger partial charge in [-0.15, -0.1) is 0 Å². The first-order chi connectivity index (χ1) is 19.0. The number of hydrogen-bond acceptors (Lipinski definition) is 8. The average Bonchev–Trinajstić information content (AvgIpc) is 2.87. The number of nitro groups is 1. The highest BCUT2D eigenvalue weighted by molar-refractivity contribution is 6.74. The molecule has 1 atom stereocenters. The van der Waals surface area contributed by atoms with Gasteiger partial charge >= 0.3 is 0 Å². The maximum atomic E-state index is 15.3. The van der Waals surface area contributed by atoms with Crippen molar-refractivity contribution in [3.63, 3.8) is 0 Å². The van der Waals surface area contributed by atoms with Crippen molar-refractivity contribution in [1.82, 2.24) is 9.97 Å². The van der Waals surface area contributed by atoms with Gasteiger partial charge in [0.05, 0.1) is 24.1 Å². The first-order valence-corrected chi connectivity index (χ1v) is 16.3. The van der Waals surface area contributed by atoms with Crippen molar-refractivity contribution >= 4 is 37.6 Å². The molecule has 0 saturated carbocycles. The van der Waals surface area contributed by atoms with Crippen molar-refractivity contribution in [3.05, 3.63) is 75.1 Å². The number of nitrogens with zero attached hydrogens (tertiary/aromatic N) is 3. The van der Waals surface area contributed by atoms with Gasteiger partial charge in [-0.2, -0.15) is 0 Å². The third-order valence-electron chi connectivity index (χ3n) is 7.34. The van der Waals surface area contributed by atoms with Crippen LogP contribution in [0.2, 0.25) is 23.2 Å². The van der Waals surface area contributed by atoms with E-state index in [1.807, 2.05) is 13.8 Å². The zero-order valence-corrected chi connectivity index (χ0v) is 26.3. The topological polar surface area (TPSA) is 116 Å². The summed E-state index contributed by atoms with van der Waals surface area (Å²) in [4.78, 5) is 31.7. The molecule has 0 aliphatic rings. The third-order valence-corrected chi connectivity index (χ3v) is 12.3. The number of halogens is 2. The molecule has 220 valence electrons. The Morgan fingerprint density at radius 1 is 1.17 bits per heavy atom. The average molecular weight is 603 g/mol. The fourth-order valence-electron chi connectivity index (χ4n) is 4.23. The van der Waals surface area contributed by atoms with Gasteiger partial charge in [-0.1, -0.05) is 38.4 Å². The minimum absolute atomic E-state index is 0.00844. The lowest BCUT2D eigenvalue weighted by Gasteiger charge is -2.42. The largest absolute Gasteiger partial charge is 0.496 e. The number of hydrogen-bond donors (Lipinski definition) is 1. The second-order valence-electron chi connectivity index (χ2n) is 11.7. The van der Waals surface area contributed by atoms with Crippen LogP contribution >= 0.6 is 11.6 Å². The van der Waals surface area contributed by atoms with Crippen LogP contribution in [0.5, 0.6) is 5.75 Å². The molecular formula is C29H36ClFN4O5Si. The second kappa shape index (κ2) is 12.2. The van der Waals surface area contributed by atoms with Crippen LogP contribution < -0.4 is 10.1 Å².